The number of aromatic nitrogens is 6. The minimum Gasteiger partial charge on any atom is -0.444 e. The molecule has 1 amide bonds. The van der Waals surface area contributed by atoms with Gasteiger partial charge in [0.25, 0.3) is 5.95 Å². The van der Waals surface area contributed by atoms with Crippen molar-refractivity contribution < 1.29 is 22.7 Å². The second-order valence-corrected chi connectivity index (χ2v) is 10.3. The van der Waals surface area contributed by atoms with Crippen molar-refractivity contribution in [3.05, 3.63) is 71.4 Å². The summed E-state index contributed by atoms with van der Waals surface area (Å²) < 4.78 is 48.9. The van der Waals surface area contributed by atoms with Gasteiger partial charge in [0.2, 0.25) is 5.95 Å². The number of halogens is 3. The first-order chi connectivity index (χ1) is 19.7. The average molecular weight is 576 g/mol. The van der Waals surface area contributed by atoms with Crippen LogP contribution < -0.4 is 11.1 Å². The summed E-state index contributed by atoms with van der Waals surface area (Å²) in [6, 6.07) is 13.4. The van der Waals surface area contributed by atoms with Gasteiger partial charge in [0.05, 0.1) is 22.9 Å². The molecule has 11 nitrogen and oxygen atoms in total. The van der Waals surface area contributed by atoms with Crippen LogP contribution in [0.25, 0.3) is 33.8 Å². The van der Waals surface area contributed by atoms with E-state index >= 15 is 0 Å². The number of benzene rings is 2. The van der Waals surface area contributed by atoms with Gasteiger partial charge in [-0.1, -0.05) is 12.1 Å². The molecule has 214 valence electrons. The molecule has 5 rings (SSSR count). The van der Waals surface area contributed by atoms with Crippen LogP contribution in [0.1, 0.15) is 37.5 Å². The van der Waals surface area contributed by atoms with E-state index in [0.717, 1.165) is 12.1 Å². The third-order valence-corrected chi connectivity index (χ3v) is 6.08. The Morgan fingerprint density at radius 1 is 1.07 bits per heavy atom. The van der Waals surface area contributed by atoms with Gasteiger partial charge in [0, 0.05) is 17.3 Å². The number of hydrogen-bond donors (Lipinski definition) is 2. The molecule has 0 saturated heterocycles. The predicted octanol–water partition coefficient (Wildman–Crippen LogP) is 5.77. The van der Waals surface area contributed by atoms with E-state index < -0.39 is 23.4 Å². The van der Waals surface area contributed by atoms with Gasteiger partial charge in [-0.3, -0.25) is 5.32 Å². The summed E-state index contributed by atoms with van der Waals surface area (Å²) in [6.07, 6.45) is -3.78. The fourth-order valence-electron chi connectivity index (χ4n) is 4.34. The van der Waals surface area contributed by atoms with Crippen LogP contribution in [0.3, 0.4) is 0 Å². The van der Waals surface area contributed by atoms with Crippen LogP contribution in [0.5, 0.6) is 0 Å². The maximum atomic E-state index is 13.6. The summed E-state index contributed by atoms with van der Waals surface area (Å²) in [6.45, 7) is 6.82. The van der Waals surface area contributed by atoms with E-state index in [1.165, 1.54) is 21.3 Å². The van der Waals surface area contributed by atoms with Crippen LogP contribution in [-0.4, -0.2) is 41.1 Å². The third kappa shape index (κ3) is 5.57. The van der Waals surface area contributed by atoms with E-state index in [2.05, 4.69) is 25.5 Å². The number of fused-ring (bicyclic) bond motifs is 1. The van der Waals surface area contributed by atoms with Crippen LogP contribution >= 0.6 is 0 Å². The number of hydrogen-bond acceptors (Lipinski definition) is 8. The van der Waals surface area contributed by atoms with Gasteiger partial charge in [-0.15, -0.1) is 10.2 Å². The smallest absolute Gasteiger partial charge is 0.416 e. The van der Waals surface area contributed by atoms with E-state index in [4.69, 9.17) is 10.5 Å². The van der Waals surface area contributed by atoms with Gasteiger partial charge in [-0.25, -0.2) is 14.0 Å². The summed E-state index contributed by atoms with van der Waals surface area (Å²) in [5.74, 6) is 0.0370. The number of ether oxygens (including phenoxy) is 1. The summed E-state index contributed by atoms with van der Waals surface area (Å²) >= 11 is 0. The topological polar surface area (TPSA) is 149 Å². The molecule has 0 saturated carbocycles. The lowest BCUT2D eigenvalue weighted by Gasteiger charge is -2.18. The number of nitrogen functional groups attached to an aromatic ring is 1. The minimum absolute atomic E-state index is 0.0828. The first kappa shape index (κ1) is 28.1. The lowest BCUT2D eigenvalue weighted by atomic mass is 9.96. The summed E-state index contributed by atoms with van der Waals surface area (Å²) in [5, 5.41) is 20.4. The number of pyridine rings is 1. The Kier molecular flexibility index (Phi) is 6.81. The standard InChI is InChI=1S/C28H24F3N9O2/c1-15-20(14-39-23(34-24(33)37-39)21(15)17-6-5-7-18(12-17)28(29,30)31)22-35-25(36-26(41)42-27(2,3)4)38-40(22)19-10-8-16(13-32)9-11-19/h5-12,14H,1-4H3,(H2,33,37)(H,36,38,41). The van der Waals surface area contributed by atoms with Gasteiger partial charge in [0.15, 0.2) is 11.5 Å². The molecule has 0 radical (unpaired) electrons. The number of amides is 1. The van der Waals surface area contributed by atoms with Crippen molar-refractivity contribution >= 4 is 23.6 Å². The Hall–Kier alpha value is -5.45. The van der Waals surface area contributed by atoms with Crippen molar-refractivity contribution in [2.24, 2.45) is 0 Å². The Morgan fingerprint density at radius 2 is 1.79 bits per heavy atom. The Labute approximate surface area is 237 Å². The van der Waals surface area contributed by atoms with Crippen LogP contribution in [0.15, 0.2) is 54.7 Å². The molecule has 42 heavy (non-hydrogen) atoms. The molecule has 5 aromatic rings. The van der Waals surface area contributed by atoms with Crippen LogP contribution in [0, 0.1) is 18.3 Å². The van der Waals surface area contributed by atoms with Crippen LogP contribution in [-0.2, 0) is 10.9 Å². The van der Waals surface area contributed by atoms with E-state index in [9.17, 15) is 23.2 Å². The summed E-state index contributed by atoms with van der Waals surface area (Å²) in [5.41, 5.74) is 6.91. The van der Waals surface area contributed by atoms with Gasteiger partial charge in [0.1, 0.15) is 5.60 Å². The number of nitrogens with one attached hydrogen (secondary N) is 1. The molecular weight excluding hydrogens is 551 g/mol. The van der Waals surface area contributed by atoms with E-state index in [-0.39, 0.29) is 28.9 Å². The second-order valence-electron chi connectivity index (χ2n) is 10.3. The Balaban J connectivity index is 1.74. The van der Waals surface area contributed by atoms with Crippen molar-refractivity contribution in [2.75, 3.05) is 11.1 Å². The maximum absolute atomic E-state index is 13.6. The zero-order valence-corrected chi connectivity index (χ0v) is 22.9. The highest BCUT2D eigenvalue weighted by molar-refractivity contribution is 5.87. The van der Waals surface area contributed by atoms with Gasteiger partial charge >= 0.3 is 12.3 Å². The molecule has 0 bridgehead atoms. The van der Waals surface area contributed by atoms with Crippen molar-refractivity contribution in [2.45, 2.75) is 39.5 Å². The SMILES string of the molecule is Cc1c(-c2nc(NC(=O)OC(C)(C)C)nn2-c2ccc(C#N)cc2)cn2nc(N)nc2c1-c1cccc(C(F)(F)F)c1. The van der Waals surface area contributed by atoms with Crippen molar-refractivity contribution in [3.63, 3.8) is 0 Å². The molecule has 0 aliphatic carbocycles. The number of rotatable bonds is 4. The molecule has 0 unspecified atom stereocenters. The quantitative estimate of drug-likeness (QED) is 0.274. The predicted molar refractivity (Wildman–Crippen MR) is 147 cm³/mol. The number of nitrogens with two attached hydrogens (primary N) is 1. The Morgan fingerprint density at radius 3 is 2.43 bits per heavy atom. The molecule has 0 fully saturated rings. The van der Waals surface area contributed by atoms with E-state index in [0.29, 0.717) is 27.9 Å². The maximum Gasteiger partial charge on any atom is 0.416 e. The van der Waals surface area contributed by atoms with Gasteiger partial charge < -0.3 is 10.5 Å². The van der Waals surface area contributed by atoms with Crippen LogP contribution in [0.2, 0.25) is 0 Å². The molecule has 0 aliphatic heterocycles. The molecule has 14 heteroatoms. The molecule has 3 heterocycles. The number of nitrogens with zero attached hydrogens (tertiary/aromatic N) is 7. The number of alkyl halides is 3. The highest BCUT2D eigenvalue weighted by atomic mass is 19.4. The molecule has 3 aromatic heterocycles. The van der Waals surface area contributed by atoms with Gasteiger partial charge in [-0.05, 0) is 75.2 Å². The number of carbonyl (C=O) groups excluding carboxylic acids is 1. The fraction of sp³-hybridized carbons (Fsp3) is 0.214. The third-order valence-electron chi connectivity index (χ3n) is 6.08. The highest BCUT2D eigenvalue weighted by Gasteiger charge is 2.31. The average Bonchev–Trinajstić information content (AvgIpc) is 3.49. The number of carbonyl (C=O) groups is 1. The molecule has 0 atom stereocenters. The molecule has 2 aromatic carbocycles. The van der Waals surface area contributed by atoms with Gasteiger partial charge in [-0.2, -0.15) is 28.4 Å². The largest absolute Gasteiger partial charge is 0.444 e. The second kappa shape index (κ2) is 10.2. The summed E-state index contributed by atoms with van der Waals surface area (Å²) in [7, 11) is 0. The number of anilines is 2. The number of nitriles is 1. The lowest BCUT2D eigenvalue weighted by molar-refractivity contribution is -0.137. The molecule has 0 aliphatic rings. The zero-order chi connectivity index (χ0) is 30.4. The highest BCUT2D eigenvalue weighted by Crippen LogP contribution is 2.38. The van der Waals surface area contributed by atoms with Crippen LogP contribution in [0.4, 0.5) is 29.9 Å². The first-order valence-corrected chi connectivity index (χ1v) is 12.5. The molecular formula is C28H24F3N9O2. The monoisotopic (exact) mass is 575 g/mol. The zero-order valence-electron chi connectivity index (χ0n) is 22.9. The molecule has 3 N–H and O–H groups in total. The Bertz CT molecular complexity index is 1860. The normalized spacial score (nSPS) is 11.9. The van der Waals surface area contributed by atoms with E-state index in [1.807, 2.05) is 6.07 Å². The minimum atomic E-state index is -4.57. The first-order valence-electron chi connectivity index (χ1n) is 12.5. The van der Waals surface area contributed by atoms with Crippen molar-refractivity contribution in [1.82, 2.24) is 29.4 Å². The fourth-order valence-corrected chi connectivity index (χ4v) is 4.34. The van der Waals surface area contributed by atoms with E-state index in [1.54, 1.807) is 58.2 Å². The van der Waals surface area contributed by atoms with Crippen molar-refractivity contribution in [3.8, 4) is 34.3 Å². The van der Waals surface area contributed by atoms with Crippen molar-refractivity contribution in [1.29, 1.82) is 5.26 Å². The molecule has 0 spiro atoms. The summed E-state index contributed by atoms with van der Waals surface area (Å²) in [4.78, 5) is 21.3. The lowest BCUT2D eigenvalue weighted by Crippen LogP contribution is -2.27.